The number of aromatic nitrogens is 2. The number of hydrogen-bond donors (Lipinski definition) is 2. The molecule has 1 aliphatic heterocycles. The van der Waals surface area contributed by atoms with Crippen LogP contribution in [0.1, 0.15) is 55.9 Å². The zero-order valence-electron chi connectivity index (χ0n) is 16.2. The summed E-state index contributed by atoms with van der Waals surface area (Å²) >= 11 is 0. The molecule has 2 N–H and O–H groups in total. The van der Waals surface area contributed by atoms with Gasteiger partial charge in [0.2, 0.25) is 0 Å². The van der Waals surface area contributed by atoms with Gasteiger partial charge in [-0.15, -0.1) is 0 Å². The maximum Gasteiger partial charge on any atom is 0.344 e. The lowest BCUT2D eigenvalue weighted by Crippen LogP contribution is -2.51. The van der Waals surface area contributed by atoms with Crippen LogP contribution in [0.15, 0.2) is 29.1 Å². The number of nitrogens with one attached hydrogen (secondary N) is 2. The summed E-state index contributed by atoms with van der Waals surface area (Å²) < 4.78 is 1.24. The fraction of sp³-hybridized carbons (Fsp3) is 0.450. The number of fused-ring (bicyclic) bond motifs is 1. The first-order valence-electron chi connectivity index (χ1n) is 9.94. The molecule has 1 aromatic carbocycles. The summed E-state index contributed by atoms with van der Waals surface area (Å²) in [6.07, 6.45) is 4.51. The van der Waals surface area contributed by atoms with Crippen molar-refractivity contribution in [3.05, 3.63) is 40.3 Å². The van der Waals surface area contributed by atoms with Crippen molar-refractivity contribution in [3.8, 4) is 0 Å². The van der Waals surface area contributed by atoms with Gasteiger partial charge in [0.25, 0.3) is 17.4 Å². The molecular formula is C20H23N5O4. The number of rotatable bonds is 4. The van der Waals surface area contributed by atoms with E-state index in [1.165, 1.54) is 4.68 Å². The van der Waals surface area contributed by atoms with Crippen LogP contribution in [0.4, 0.5) is 4.79 Å². The number of hydrazine groups is 1. The van der Waals surface area contributed by atoms with E-state index in [0.717, 1.165) is 24.3 Å². The number of hydrogen-bond acceptors (Lipinski definition) is 5. The minimum absolute atomic E-state index is 0.00107. The average Bonchev–Trinajstić information content (AvgIpc) is 2.94. The van der Waals surface area contributed by atoms with E-state index in [-0.39, 0.29) is 11.3 Å². The Balaban J connectivity index is 1.68. The second-order valence-electron chi connectivity index (χ2n) is 7.58. The SMILES string of the molecule is CCCn1nc(C(=O)NN2C(=O)NC3(CCCCC3)C2=O)c2ccccc2c1=O. The van der Waals surface area contributed by atoms with Crippen molar-refractivity contribution in [1.82, 2.24) is 25.5 Å². The highest BCUT2D eigenvalue weighted by Gasteiger charge is 2.52. The molecule has 1 aliphatic carbocycles. The van der Waals surface area contributed by atoms with Crippen molar-refractivity contribution >= 4 is 28.6 Å². The molecule has 1 aromatic heterocycles. The van der Waals surface area contributed by atoms with E-state index in [0.29, 0.717) is 36.6 Å². The first-order valence-corrected chi connectivity index (χ1v) is 9.94. The van der Waals surface area contributed by atoms with Crippen molar-refractivity contribution in [2.45, 2.75) is 57.5 Å². The zero-order chi connectivity index (χ0) is 20.6. The normalized spacial score (nSPS) is 18.3. The highest BCUT2D eigenvalue weighted by Crippen LogP contribution is 2.33. The van der Waals surface area contributed by atoms with E-state index in [1.54, 1.807) is 24.3 Å². The molecule has 2 fully saturated rings. The maximum atomic E-state index is 13.0. The van der Waals surface area contributed by atoms with Gasteiger partial charge in [-0.05, 0) is 25.3 Å². The molecule has 4 amide bonds. The van der Waals surface area contributed by atoms with Gasteiger partial charge in [-0.1, -0.05) is 44.4 Å². The Morgan fingerprint density at radius 1 is 1.14 bits per heavy atom. The molecule has 2 heterocycles. The molecular weight excluding hydrogens is 374 g/mol. The van der Waals surface area contributed by atoms with Crippen molar-refractivity contribution in [3.63, 3.8) is 0 Å². The Bertz CT molecular complexity index is 1050. The number of nitrogens with zero attached hydrogens (tertiary/aromatic N) is 3. The average molecular weight is 397 g/mol. The molecule has 0 atom stereocenters. The number of carbonyl (C=O) groups is 3. The highest BCUT2D eigenvalue weighted by atomic mass is 16.2. The maximum absolute atomic E-state index is 13.0. The van der Waals surface area contributed by atoms with Gasteiger partial charge in [-0.25, -0.2) is 9.48 Å². The fourth-order valence-corrected chi connectivity index (χ4v) is 4.14. The van der Waals surface area contributed by atoms with Crippen molar-refractivity contribution in [2.24, 2.45) is 0 Å². The largest absolute Gasteiger partial charge is 0.344 e. The Labute approximate surface area is 167 Å². The molecule has 2 aliphatic rings. The monoisotopic (exact) mass is 397 g/mol. The molecule has 1 spiro atoms. The van der Waals surface area contributed by atoms with Crippen LogP contribution in [-0.4, -0.2) is 38.2 Å². The van der Waals surface area contributed by atoms with E-state index in [9.17, 15) is 19.2 Å². The molecule has 152 valence electrons. The fourth-order valence-electron chi connectivity index (χ4n) is 4.14. The number of urea groups is 1. The quantitative estimate of drug-likeness (QED) is 0.763. The number of amides is 4. The molecule has 9 nitrogen and oxygen atoms in total. The summed E-state index contributed by atoms with van der Waals surface area (Å²) in [4.78, 5) is 50.9. The third kappa shape index (κ3) is 3.16. The van der Waals surface area contributed by atoms with Gasteiger partial charge in [-0.3, -0.25) is 19.8 Å². The molecule has 0 unspecified atom stereocenters. The van der Waals surface area contributed by atoms with Gasteiger partial charge in [0.05, 0.1) is 5.39 Å². The standard InChI is InChI=1S/C20H23N5O4/c1-2-12-24-17(27)14-9-5-4-8-13(14)15(22-24)16(26)23-25-18(28)20(21-19(25)29)10-6-3-7-11-20/h4-5,8-9H,2-3,6-7,10-12H2,1H3,(H,21,29)(H,23,26). The van der Waals surface area contributed by atoms with Gasteiger partial charge in [0, 0.05) is 11.9 Å². The summed E-state index contributed by atoms with van der Waals surface area (Å²) in [7, 11) is 0. The molecule has 29 heavy (non-hydrogen) atoms. The van der Waals surface area contributed by atoms with Gasteiger partial charge < -0.3 is 5.32 Å². The molecule has 4 rings (SSSR count). The minimum Gasteiger partial charge on any atom is -0.322 e. The number of imide groups is 1. The van der Waals surface area contributed by atoms with Crippen LogP contribution in [-0.2, 0) is 11.3 Å². The van der Waals surface area contributed by atoms with Crippen LogP contribution in [0.2, 0.25) is 0 Å². The predicted octanol–water partition coefficient (Wildman–Crippen LogP) is 1.71. The first-order chi connectivity index (χ1) is 14.0. The second kappa shape index (κ2) is 7.31. The third-order valence-corrected chi connectivity index (χ3v) is 5.60. The van der Waals surface area contributed by atoms with Crippen molar-refractivity contribution < 1.29 is 14.4 Å². The van der Waals surface area contributed by atoms with Crippen molar-refractivity contribution in [2.75, 3.05) is 0 Å². The lowest BCUT2D eigenvalue weighted by molar-refractivity contribution is -0.134. The summed E-state index contributed by atoms with van der Waals surface area (Å²) in [6.45, 7) is 2.26. The lowest BCUT2D eigenvalue weighted by atomic mass is 9.82. The molecule has 1 saturated heterocycles. The molecule has 1 saturated carbocycles. The van der Waals surface area contributed by atoms with Crippen LogP contribution in [0.3, 0.4) is 0 Å². The highest BCUT2D eigenvalue weighted by molar-refractivity contribution is 6.11. The summed E-state index contributed by atoms with van der Waals surface area (Å²) in [5.74, 6) is -1.15. The van der Waals surface area contributed by atoms with Gasteiger partial charge in [-0.2, -0.15) is 10.1 Å². The van der Waals surface area contributed by atoms with Crippen molar-refractivity contribution in [1.29, 1.82) is 0 Å². The Kier molecular flexibility index (Phi) is 4.81. The van der Waals surface area contributed by atoms with Crippen LogP contribution in [0.25, 0.3) is 10.8 Å². The predicted molar refractivity (Wildman–Crippen MR) is 105 cm³/mol. The Morgan fingerprint density at radius 2 is 1.83 bits per heavy atom. The number of carbonyl (C=O) groups excluding carboxylic acids is 3. The van der Waals surface area contributed by atoms with E-state index < -0.39 is 23.4 Å². The smallest absolute Gasteiger partial charge is 0.322 e. The Hall–Kier alpha value is -3.23. The second-order valence-corrected chi connectivity index (χ2v) is 7.58. The van der Waals surface area contributed by atoms with Crippen LogP contribution < -0.4 is 16.3 Å². The van der Waals surface area contributed by atoms with Crippen LogP contribution in [0, 0.1) is 0 Å². The third-order valence-electron chi connectivity index (χ3n) is 5.60. The molecule has 0 bridgehead atoms. The summed E-state index contributed by atoms with van der Waals surface area (Å²) in [6, 6.07) is 6.04. The van der Waals surface area contributed by atoms with Crippen LogP contribution >= 0.6 is 0 Å². The van der Waals surface area contributed by atoms with Gasteiger partial charge in [0.1, 0.15) is 5.54 Å². The Morgan fingerprint density at radius 3 is 2.52 bits per heavy atom. The number of benzene rings is 1. The summed E-state index contributed by atoms with van der Waals surface area (Å²) in [5.41, 5.74) is 1.19. The van der Waals surface area contributed by atoms with Crippen LogP contribution in [0.5, 0.6) is 0 Å². The summed E-state index contributed by atoms with van der Waals surface area (Å²) in [5, 5.41) is 8.45. The number of aryl methyl sites for hydroxylation is 1. The molecule has 9 heteroatoms. The topological polar surface area (TPSA) is 113 Å². The molecule has 2 aromatic rings. The van der Waals surface area contributed by atoms with E-state index in [4.69, 9.17) is 0 Å². The van der Waals surface area contributed by atoms with Gasteiger partial charge in [0.15, 0.2) is 5.69 Å². The van der Waals surface area contributed by atoms with E-state index >= 15 is 0 Å². The first kappa shape index (κ1) is 19.1. The zero-order valence-corrected chi connectivity index (χ0v) is 16.2. The van der Waals surface area contributed by atoms with Gasteiger partial charge >= 0.3 is 6.03 Å². The van der Waals surface area contributed by atoms with E-state index in [2.05, 4.69) is 15.8 Å². The lowest BCUT2D eigenvalue weighted by Gasteiger charge is -2.30. The van der Waals surface area contributed by atoms with E-state index in [1.807, 2.05) is 6.92 Å². The molecule has 0 radical (unpaired) electrons. The minimum atomic E-state index is -0.931.